The van der Waals surface area contributed by atoms with E-state index in [4.69, 9.17) is 0 Å². The number of nitrogens with zero attached hydrogens (tertiary/aromatic N) is 6. The summed E-state index contributed by atoms with van der Waals surface area (Å²) in [6, 6.07) is 17.6. The Hall–Kier alpha value is -4.71. The highest BCUT2D eigenvalue weighted by Crippen LogP contribution is 2.27. The predicted molar refractivity (Wildman–Crippen MR) is 128 cm³/mol. The van der Waals surface area contributed by atoms with E-state index in [1.165, 1.54) is 12.1 Å². The molecule has 12 heteroatoms. The van der Waals surface area contributed by atoms with Gasteiger partial charge in [-0.1, -0.05) is 18.2 Å². The molecule has 11 nitrogen and oxygen atoms in total. The molecular weight excluding hydrogens is 470 g/mol. The van der Waals surface area contributed by atoms with Crippen molar-refractivity contribution in [3.63, 3.8) is 0 Å². The van der Waals surface area contributed by atoms with Gasteiger partial charge in [-0.2, -0.15) is 9.61 Å². The maximum atomic E-state index is 13.0. The van der Waals surface area contributed by atoms with Gasteiger partial charge in [-0.05, 0) is 48.9 Å². The summed E-state index contributed by atoms with van der Waals surface area (Å²) in [6.07, 6.45) is 3.32. The zero-order valence-electron chi connectivity index (χ0n) is 18.2. The molecule has 0 fully saturated rings. The first kappa shape index (κ1) is 22.1. The molecule has 0 aliphatic rings. The second-order valence-corrected chi connectivity index (χ2v) is 9.30. The zero-order valence-corrected chi connectivity index (χ0v) is 19.0. The second-order valence-electron chi connectivity index (χ2n) is 7.65. The summed E-state index contributed by atoms with van der Waals surface area (Å²) in [5, 5.41) is 24.1. The van der Waals surface area contributed by atoms with E-state index in [0.717, 1.165) is 11.6 Å². The average Bonchev–Trinajstić information content (AvgIpc) is 3.28. The second kappa shape index (κ2) is 8.57. The average molecular weight is 488 g/mol. The Morgan fingerprint density at radius 1 is 0.971 bits per heavy atom. The van der Waals surface area contributed by atoms with Crippen LogP contribution in [-0.2, 0) is 10.0 Å². The Bertz CT molecular complexity index is 1690. The van der Waals surface area contributed by atoms with Gasteiger partial charge in [0.05, 0.1) is 15.5 Å². The van der Waals surface area contributed by atoms with Crippen molar-refractivity contribution >= 4 is 27.0 Å². The fourth-order valence-corrected chi connectivity index (χ4v) is 4.88. The monoisotopic (exact) mass is 487 g/mol. The lowest BCUT2D eigenvalue weighted by molar-refractivity contribution is -0.385. The SMILES string of the molecule is Cc1ccc([N+](=O)[O-])cc1S(=O)(=O)Nc1cccc(-c2ccc3nnc(-c4cccnc4)n3n2)c1. The Kier molecular flexibility index (Phi) is 5.41. The van der Waals surface area contributed by atoms with Gasteiger partial charge >= 0.3 is 0 Å². The molecule has 0 aliphatic heterocycles. The van der Waals surface area contributed by atoms with Crippen LogP contribution in [0.1, 0.15) is 5.56 Å². The molecule has 0 unspecified atom stereocenters. The van der Waals surface area contributed by atoms with Gasteiger partial charge < -0.3 is 0 Å². The predicted octanol–water partition coefficient (Wildman–Crippen LogP) is 3.87. The Morgan fingerprint density at radius 3 is 2.57 bits per heavy atom. The number of aryl methyl sites for hydroxylation is 1. The van der Waals surface area contributed by atoms with Crippen LogP contribution in [0.5, 0.6) is 0 Å². The van der Waals surface area contributed by atoms with Crippen LogP contribution in [-0.4, -0.2) is 38.1 Å². The van der Waals surface area contributed by atoms with Crippen molar-refractivity contribution in [3.8, 4) is 22.6 Å². The molecule has 174 valence electrons. The fraction of sp³-hybridized carbons (Fsp3) is 0.0435. The molecule has 0 atom stereocenters. The number of nitro groups is 1. The fourth-order valence-electron chi connectivity index (χ4n) is 3.56. The molecule has 1 N–H and O–H groups in total. The van der Waals surface area contributed by atoms with Crippen LogP contribution in [0.15, 0.2) is 84.0 Å². The topological polar surface area (TPSA) is 145 Å². The van der Waals surface area contributed by atoms with Crippen LogP contribution in [0, 0.1) is 17.0 Å². The lowest BCUT2D eigenvalue weighted by atomic mass is 10.1. The number of hydrogen-bond donors (Lipinski definition) is 1. The molecule has 5 rings (SSSR count). The van der Waals surface area contributed by atoms with Crippen LogP contribution in [0.4, 0.5) is 11.4 Å². The molecule has 0 saturated carbocycles. The van der Waals surface area contributed by atoms with Crippen LogP contribution >= 0.6 is 0 Å². The number of benzene rings is 2. The van der Waals surface area contributed by atoms with Crippen molar-refractivity contribution in [2.45, 2.75) is 11.8 Å². The summed E-state index contributed by atoms with van der Waals surface area (Å²) >= 11 is 0. The van der Waals surface area contributed by atoms with E-state index in [1.807, 2.05) is 6.07 Å². The quantitative estimate of drug-likeness (QED) is 0.281. The van der Waals surface area contributed by atoms with E-state index >= 15 is 0 Å². The molecule has 2 aromatic carbocycles. The van der Waals surface area contributed by atoms with Crippen LogP contribution in [0.2, 0.25) is 0 Å². The summed E-state index contributed by atoms with van der Waals surface area (Å²) in [4.78, 5) is 14.4. The van der Waals surface area contributed by atoms with Gasteiger partial charge in [0.1, 0.15) is 0 Å². The molecule has 0 bridgehead atoms. The van der Waals surface area contributed by atoms with Crippen molar-refractivity contribution in [1.29, 1.82) is 0 Å². The lowest BCUT2D eigenvalue weighted by Crippen LogP contribution is -2.14. The third-order valence-electron chi connectivity index (χ3n) is 5.27. The molecule has 5 aromatic rings. The Labute approximate surface area is 199 Å². The van der Waals surface area contributed by atoms with Gasteiger partial charge in [0.15, 0.2) is 11.5 Å². The van der Waals surface area contributed by atoms with Crippen LogP contribution < -0.4 is 4.72 Å². The minimum absolute atomic E-state index is 0.165. The first-order chi connectivity index (χ1) is 16.8. The number of nitrogens with one attached hydrogen (secondary N) is 1. The summed E-state index contributed by atoms with van der Waals surface area (Å²) in [5.74, 6) is 0.521. The van der Waals surface area contributed by atoms with Gasteiger partial charge in [-0.3, -0.25) is 19.8 Å². The molecule has 3 aromatic heterocycles. The summed E-state index contributed by atoms with van der Waals surface area (Å²) in [5.41, 5.74) is 2.88. The number of nitro benzene ring substituents is 1. The number of non-ortho nitro benzene ring substituents is 1. The molecule has 3 heterocycles. The molecule has 0 amide bonds. The molecule has 0 aliphatic carbocycles. The van der Waals surface area contributed by atoms with Gasteiger partial charge in [0, 0.05) is 41.3 Å². The number of pyridine rings is 1. The summed E-state index contributed by atoms with van der Waals surface area (Å²) in [7, 11) is -4.07. The first-order valence-corrected chi connectivity index (χ1v) is 11.8. The van der Waals surface area contributed by atoms with Crippen molar-refractivity contribution in [3.05, 3.63) is 94.8 Å². The van der Waals surface area contributed by atoms with E-state index in [9.17, 15) is 18.5 Å². The maximum absolute atomic E-state index is 13.0. The van der Waals surface area contributed by atoms with E-state index in [2.05, 4.69) is 25.0 Å². The minimum Gasteiger partial charge on any atom is -0.280 e. The number of sulfonamides is 1. The van der Waals surface area contributed by atoms with E-state index < -0.39 is 14.9 Å². The Morgan fingerprint density at radius 2 is 1.80 bits per heavy atom. The third kappa shape index (κ3) is 4.29. The van der Waals surface area contributed by atoms with Gasteiger partial charge in [0.25, 0.3) is 15.7 Å². The largest absolute Gasteiger partial charge is 0.280 e. The first-order valence-electron chi connectivity index (χ1n) is 10.3. The highest BCUT2D eigenvalue weighted by molar-refractivity contribution is 7.92. The molecule has 0 saturated heterocycles. The third-order valence-corrected chi connectivity index (χ3v) is 6.79. The van der Waals surface area contributed by atoms with Crippen molar-refractivity contribution in [1.82, 2.24) is 24.8 Å². The number of aromatic nitrogens is 5. The summed E-state index contributed by atoms with van der Waals surface area (Å²) in [6.45, 7) is 1.58. The van der Waals surface area contributed by atoms with Crippen LogP contribution in [0.3, 0.4) is 0 Å². The van der Waals surface area contributed by atoms with Gasteiger partial charge in [0.2, 0.25) is 0 Å². The highest BCUT2D eigenvalue weighted by atomic mass is 32.2. The van der Waals surface area contributed by atoms with E-state index in [1.54, 1.807) is 66.3 Å². The van der Waals surface area contributed by atoms with Crippen molar-refractivity contribution in [2.24, 2.45) is 0 Å². The van der Waals surface area contributed by atoms with Crippen LogP contribution in [0.25, 0.3) is 28.3 Å². The number of hydrogen-bond acceptors (Lipinski definition) is 8. The van der Waals surface area contributed by atoms with E-state index in [0.29, 0.717) is 28.3 Å². The van der Waals surface area contributed by atoms with Crippen molar-refractivity contribution < 1.29 is 13.3 Å². The molecule has 35 heavy (non-hydrogen) atoms. The van der Waals surface area contributed by atoms with Gasteiger partial charge in [-0.15, -0.1) is 10.2 Å². The summed E-state index contributed by atoms with van der Waals surface area (Å²) < 4.78 is 30.1. The zero-order chi connectivity index (χ0) is 24.6. The normalized spacial score (nSPS) is 11.5. The van der Waals surface area contributed by atoms with Crippen molar-refractivity contribution in [2.75, 3.05) is 4.72 Å². The van der Waals surface area contributed by atoms with E-state index in [-0.39, 0.29) is 16.3 Å². The number of fused-ring (bicyclic) bond motifs is 1. The highest BCUT2D eigenvalue weighted by Gasteiger charge is 2.21. The number of rotatable bonds is 6. The Balaban J connectivity index is 1.50. The molecule has 0 spiro atoms. The van der Waals surface area contributed by atoms with Gasteiger partial charge in [-0.25, -0.2) is 8.42 Å². The maximum Gasteiger partial charge on any atom is 0.270 e. The molecule has 0 radical (unpaired) electrons. The lowest BCUT2D eigenvalue weighted by Gasteiger charge is -2.11. The standard InChI is InChI=1S/C23H17N7O4S/c1-15-7-8-19(30(31)32)13-21(15)35(33,34)28-18-6-2-4-16(12-18)20-9-10-22-25-26-23(29(22)27-20)17-5-3-11-24-14-17/h2-14,28H,1H3. The minimum atomic E-state index is -4.07. The molecular formula is C23H17N7O4S. The number of anilines is 1. The smallest absolute Gasteiger partial charge is 0.270 e.